The Morgan fingerprint density at radius 2 is 1.82 bits per heavy atom. The molecule has 1 atom stereocenters. The summed E-state index contributed by atoms with van der Waals surface area (Å²) < 4.78 is 14.2. The van der Waals surface area contributed by atoms with E-state index in [2.05, 4.69) is 18.0 Å². The summed E-state index contributed by atoms with van der Waals surface area (Å²) in [6.45, 7) is 9.76. The lowest BCUT2D eigenvalue weighted by Gasteiger charge is -2.18. The summed E-state index contributed by atoms with van der Waals surface area (Å²) in [6, 6.07) is 6.06. The Balaban J connectivity index is 0.000000508. The van der Waals surface area contributed by atoms with Gasteiger partial charge in [-0.1, -0.05) is 58.1 Å². The molecule has 1 aromatic carbocycles. The number of nitrogen functional groups attached to an aromatic ring is 1. The first-order chi connectivity index (χ1) is 15.8. The third-order valence-electron chi connectivity index (χ3n) is 5.99. The van der Waals surface area contributed by atoms with Gasteiger partial charge in [-0.15, -0.1) is 0 Å². The number of rotatable bonds is 4. The number of benzene rings is 1. The third-order valence-corrected chi connectivity index (χ3v) is 5.99. The molecule has 5 heteroatoms. The summed E-state index contributed by atoms with van der Waals surface area (Å²) in [5, 5.41) is 16.3. The van der Waals surface area contributed by atoms with E-state index < -0.39 is 6.17 Å². The van der Waals surface area contributed by atoms with Crippen molar-refractivity contribution >= 4 is 11.3 Å². The number of allylic oxidation sites excluding steroid dienone is 1. The molecular weight excluding hydrogens is 413 g/mol. The van der Waals surface area contributed by atoms with Gasteiger partial charge in [0.05, 0.1) is 23.5 Å². The molecular formula is C28H40FN3O. The highest BCUT2D eigenvalue weighted by molar-refractivity contribution is 5.85. The molecule has 0 bridgehead atoms. The van der Waals surface area contributed by atoms with Crippen LogP contribution in [0.1, 0.15) is 98.8 Å². The predicted octanol–water partition coefficient (Wildman–Crippen LogP) is 7.22. The lowest BCUT2D eigenvalue weighted by atomic mass is 9.88. The van der Waals surface area contributed by atoms with E-state index in [1.54, 1.807) is 6.20 Å². The van der Waals surface area contributed by atoms with Crippen LogP contribution in [0.3, 0.4) is 0 Å². The number of anilines is 1. The van der Waals surface area contributed by atoms with E-state index in [-0.39, 0.29) is 0 Å². The van der Waals surface area contributed by atoms with Crippen molar-refractivity contribution in [1.29, 1.82) is 5.26 Å². The fraction of sp³-hybridized carbons (Fsp3) is 0.500. The van der Waals surface area contributed by atoms with Crippen LogP contribution in [0.15, 0.2) is 30.6 Å². The summed E-state index contributed by atoms with van der Waals surface area (Å²) in [5.74, 6) is 1.04. The van der Waals surface area contributed by atoms with Gasteiger partial charge in [-0.05, 0) is 61.4 Å². The van der Waals surface area contributed by atoms with E-state index in [0.717, 1.165) is 41.7 Å². The van der Waals surface area contributed by atoms with E-state index in [4.69, 9.17) is 10.8 Å². The maximum absolute atomic E-state index is 14.2. The van der Waals surface area contributed by atoms with Crippen LogP contribution in [0, 0.1) is 31.1 Å². The Morgan fingerprint density at radius 1 is 1.18 bits per heavy atom. The summed E-state index contributed by atoms with van der Waals surface area (Å²) in [7, 11) is 1.00. The monoisotopic (exact) mass is 453 g/mol. The van der Waals surface area contributed by atoms with Gasteiger partial charge in [-0.3, -0.25) is 4.98 Å². The SMILES string of the molecule is CC/C=C(\c1cc(C#N)c(C)cc1C)c1cncc(N)c1C(C)F.CC1CCCCC1.CO. The molecule has 33 heavy (non-hydrogen) atoms. The molecule has 1 saturated carbocycles. The van der Waals surface area contributed by atoms with Crippen molar-refractivity contribution in [2.45, 2.75) is 79.3 Å². The largest absolute Gasteiger partial charge is 0.400 e. The van der Waals surface area contributed by atoms with Crippen molar-refractivity contribution in [3.63, 3.8) is 0 Å². The van der Waals surface area contributed by atoms with Gasteiger partial charge < -0.3 is 10.8 Å². The average molecular weight is 454 g/mol. The van der Waals surface area contributed by atoms with E-state index in [1.807, 2.05) is 39.0 Å². The summed E-state index contributed by atoms with van der Waals surface area (Å²) >= 11 is 0. The first-order valence-electron chi connectivity index (χ1n) is 11.8. The van der Waals surface area contributed by atoms with Crippen LogP contribution >= 0.6 is 0 Å². The number of nitriles is 1. The number of nitrogens with zero attached hydrogens (tertiary/aromatic N) is 2. The lowest BCUT2D eigenvalue weighted by molar-refractivity contribution is 0.374. The molecule has 3 rings (SSSR count). The van der Waals surface area contributed by atoms with Crippen molar-refractivity contribution in [1.82, 2.24) is 4.98 Å². The maximum atomic E-state index is 14.2. The Kier molecular flexibility index (Phi) is 12.4. The fourth-order valence-corrected chi connectivity index (χ4v) is 4.28. The molecule has 1 aliphatic rings. The van der Waals surface area contributed by atoms with Gasteiger partial charge >= 0.3 is 0 Å². The molecule has 0 spiro atoms. The minimum atomic E-state index is -1.20. The summed E-state index contributed by atoms with van der Waals surface area (Å²) in [5.41, 5.74) is 11.8. The van der Waals surface area contributed by atoms with Crippen LogP contribution in [-0.2, 0) is 0 Å². The highest BCUT2D eigenvalue weighted by Gasteiger charge is 2.19. The van der Waals surface area contributed by atoms with Crippen molar-refractivity contribution in [3.8, 4) is 6.07 Å². The van der Waals surface area contributed by atoms with Crippen molar-refractivity contribution in [3.05, 3.63) is 64.0 Å². The molecule has 0 aliphatic heterocycles. The molecule has 0 amide bonds. The number of aryl methyl sites for hydroxylation is 2. The van der Waals surface area contributed by atoms with Crippen LogP contribution in [0.5, 0.6) is 0 Å². The van der Waals surface area contributed by atoms with Gasteiger partial charge in [-0.25, -0.2) is 4.39 Å². The fourth-order valence-electron chi connectivity index (χ4n) is 4.28. The normalized spacial score (nSPS) is 14.8. The molecule has 1 unspecified atom stereocenters. The number of hydrogen-bond acceptors (Lipinski definition) is 4. The second-order valence-electron chi connectivity index (χ2n) is 8.67. The Bertz CT molecular complexity index is 954. The minimum absolute atomic E-state index is 0.342. The quantitative estimate of drug-likeness (QED) is 0.512. The number of aliphatic hydroxyl groups is 1. The zero-order valence-electron chi connectivity index (χ0n) is 21.1. The number of aromatic nitrogens is 1. The van der Waals surface area contributed by atoms with Crippen LogP contribution in [-0.4, -0.2) is 17.2 Å². The molecule has 3 N–H and O–H groups in total. The van der Waals surface area contributed by atoms with Crippen molar-refractivity contribution < 1.29 is 9.50 Å². The molecule has 0 saturated heterocycles. The van der Waals surface area contributed by atoms with E-state index in [1.165, 1.54) is 45.2 Å². The van der Waals surface area contributed by atoms with Gasteiger partial charge in [0.15, 0.2) is 0 Å². The summed E-state index contributed by atoms with van der Waals surface area (Å²) in [4.78, 5) is 4.15. The number of halogens is 1. The lowest BCUT2D eigenvalue weighted by Crippen LogP contribution is -2.04. The molecule has 1 fully saturated rings. The van der Waals surface area contributed by atoms with Gasteiger partial charge in [0, 0.05) is 24.4 Å². The minimum Gasteiger partial charge on any atom is -0.400 e. The third kappa shape index (κ3) is 7.98. The topological polar surface area (TPSA) is 82.9 Å². The number of hydrogen-bond donors (Lipinski definition) is 2. The van der Waals surface area contributed by atoms with Crippen LogP contribution in [0.4, 0.5) is 10.1 Å². The highest BCUT2D eigenvalue weighted by Crippen LogP contribution is 2.36. The molecule has 1 aromatic heterocycles. The maximum Gasteiger partial charge on any atom is 0.125 e. The predicted molar refractivity (Wildman–Crippen MR) is 137 cm³/mol. The Hall–Kier alpha value is -2.71. The van der Waals surface area contributed by atoms with Gasteiger partial charge in [0.2, 0.25) is 0 Å². The first-order valence-corrected chi connectivity index (χ1v) is 11.8. The number of alkyl halides is 1. The number of nitrogens with two attached hydrogens (primary N) is 1. The molecule has 1 heterocycles. The standard InChI is InChI=1S/C20H22FN3.C7H14.CH4O/c1-5-6-16(17-8-15(9-22)12(2)7-13(17)3)18-10-24-11-19(23)20(18)14(4)21;1-7-5-3-2-4-6-7;1-2/h6-8,10-11,14H,5,23H2,1-4H3;7H,2-6H2,1H3;2H,1H3/b16-6+;;. The summed E-state index contributed by atoms with van der Waals surface area (Å²) in [6.07, 6.45) is 12.2. The van der Waals surface area contributed by atoms with Gasteiger partial charge in [0.1, 0.15) is 6.17 Å². The van der Waals surface area contributed by atoms with E-state index in [9.17, 15) is 9.65 Å². The molecule has 0 radical (unpaired) electrons. The van der Waals surface area contributed by atoms with Crippen LogP contribution in [0.2, 0.25) is 0 Å². The molecule has 4 nitrogen and oxygen atoms in total. The van der Waals surface area contributed by atoms with Crippen LogP contribution < -0.4 is 5.73 Å². The second kappa shape index (κ2) is 14.4. The molecule has 2 aromatic rings. The van der Waals surface area contributed by atoms with E-state index in [0.29, 0.717) is 22.4 Å². The van der Waals surface area contributed by atoms with E-state index >= 15 is 0 Å². The zero-order valence-corrected chi connectivity index (χ0v) is 21.1. The molecule has 1 aliphatic carbocycles. The number of aliphatic hydroxyl groups excluding tert-OH is 1. The Labute approximate surface area is 199 Å². The second-order valence-corrected chi connectivity index (χ2v) is 8.67. The smallest absolute Gasteiger partial charge is 0.125 e. The van der Waals surface area contributed by atoms with Crippen molar-refractivity contribution in [2.75, 3.05) is 12.8 Å². The van der Waals surface area contributed by atoms with Gasteiger partial charge in [-0.2, -0.15) is 5.26 Å². The Morgan fingerprint density at radius 3 is 2.30 bits per heavy atom. The van der Waals surface area contributed by atoms with Crippen molar-refractivity contribution in [2.24, 2.45) is 5.92 Å². The number of pyridine rings is 1. The first kappa shape index (κ1) is 28.3. The molecule has 180 valence electrons. The van der Waals surface area contributed by atoms with Gasteiger partial charge in [0.25, 0.3) is 0 Å². The van der Waals surface area contributed by atoms with Crippen LogP contribution in [0.25, 0.3) is 5.57 Å². The highest BCUT2D eigenvalue weighted by atomic mass is 19.1. The zero-order chi connectivity index (χ0) is 25.0. The average Bonchev–Trinajstić information content (AvgIpc) is 2.80.